The first-order chi connectivity index (χ1) is 10.1. The Hall–Kier alpha value is -1.63. The van der Waals surface area contributed by atoms with Crippen LogP contribution < -0.4 is 0 Å². The summed E-state index contributed by atoms with van der Waals surface area (Å²) in [6.45, 7) is 4.48. The summed E-state index contributed by atoms with van der Waals surface area (Å²) < 4.78 is 13.7. The van der Waals surface area contributed by atoms with Crippen molar-refractivity contribution in [1.82, 2.24) is 0 Å². The third kappa shape index (κ3) is 3.02. The highest BCUT2D eigenvalue weighted by Gasteiger charge is 2.33. The molecule has 1 saturated carbocycles. The molecule has 3 rings (SSSR count). The SMILES string of the molecule is Cc1cccc(C(c2cccc(F)c2)C2CCCC2C)c1. The van der Waals surface area contributed by atoms with Gasteiger partial charge < -0.3 is 0 Å². The van der Waals surface area contributed by atoms with Gasteiger partial charge in [-0.05, 0) is 48.4 Å². The van der Waals surface area contributed by atoms with Crippen molar-refractivity contribution in [2.45, 2.75) is 39.0 Å². The second kappa shape index (κ2) is 6.01. The summed E-state index contributed by atoms with van der Waals surface area (Å²) in [7, 11) is 0. The maximum absolute atomic E-state index is 13.7. The van der Waals surface area contributed by atoms with Crippen LogP contribution >= 0.6 is 0 Å². The molecule has 0 spiro atoms. The molecule has 3 unspecified atom stereocenters. The van der Waals surface area contributed by atoms with Crippen LogP contribution in [0.2, 0.25) is 0 Å². The number of rotatable bonds is 3. The van der Waals surface area contributed by atoms with Crippen LogP contribution in [0.1, 0.15) is 48.8 Å². The Morgan fingerprint density at radius 3 is 2.33 bits per heavy atom. The highest BCUT2D eigenvalue weighted by molar-refractivity contribution is 5.36. The van der Waals surface area contributed by atoms with E-state index < -0.39 is 0 Å². The molecule has 21 heavy (non-hydrogen) atoms. The smallest absolute Gasteiger partial charge is 0.123 e. The zero-order chi connectivity index (χ0) is 14.8. The minimum atomic E-state index is -0.129. The lowest BCUT2D eigenvalue weighted by molar-refractivity contribution is 0.376. The second-order valence-corrected chi connectivity index (χ2v) is 6.52. The minimum Gasteiger partial charge on any atom is -0.207 e. The summed E-state index contributed by atoms with van der Waals surface area (Å²) in [4.78, 5) is 0. The van der Waals surface area contributed by atoms with E-state index in [1.165, 1.54) is 36.5 Å². The van der Waals surface area contributed by atoms with E-state index in [9.17, 15) is 4.39 Å². The molecule has 0 bridgehead atoms. The lowest BCUT2D eigenvalue weighted by atomic mass is 9.76. The van der Waals surface area contributed by atoms with E-state index in [0.717, 1.165) is 5.56 Å². The minimum absolute atomic E-state index is 0.129. The average molecular weight is 282 g/mol. The molecule has 1 aliphatic rings. The Bertz CT molecular complexity index is 571. The van der Waals surface area contributed by atoms with Gasteiger partial charge in [-0.15, -0.1) is 0 Å². The molecule has 1 aliphatic carbocycles. The highest BCUT2D eigenvalue weighted by Crippen LogP contribution is 2.44. The summed E-state index contributed by atoms with van der Waals surface area (Å²) in [6.07, 6.45) is 3.84. The van der Waals surface area contributed by atoms with E-state index in [-0.39, 0.29) is 5.82 Å². The van der Waals surface area contributed by atoms with E-state index >= 15 is 0 Å². The van der Waals surface area contributed by atoms with Crippen molar-refractivity contribution in [3.63, 3.8) is 0 Å². The maximum Gasteiger partial charge on any atom is 0.123 e. The fourth-order valence-electron chi connectivity index (χ4n) is 3.92. The van der Waals surface area contributed by atoms with Crippen LogP contribution in [0.5, 0.6) is 0 Å². The van der Waals surface area contributed by atoms with Gasteiger partial charge in [0.1, 0.15) is 5.82 Å². The fourth-order valence-corrected chi connectivity index (χ4v) is 3.92. The first kappa shape index (κ1) is 14.3. The molecule has 0 N–H and O–H groups in total. The molecule has 1 fully saturated rings. The third-order valence-corrected chi connectivity index (χ3v) is 4.97. The van der Waals surface area contributed by atoms with Crippen LogP contribution in [-0.4, -0.2) is 0 Å². The van der Waals surface area contributed by atoms with Crippen LogP contribution in [0.4, 0.5) is 4.39 Å². The predicted octanol–water partition coefficient (Wildman–Crippen LogP) is 5.70. The molecule has 0 radical (unpaired) electrons. The van der Waals surface area contributed by atoms with E-state index in [0.29, 0.717) is 17.8 Å². The quantitative estimate of drug-likeness (QED) is 0.677. The van der Waals surface area contributed by atoms with Crippen LogP contribution in [0.25, 0.3) is 0 Å². The average Bonchev–Trinajstić information content (AvgIpc) is 2.86. The van der Waals surface area contributed by atoms with Crippen LogP contribution in [0.3, 0.4) is 0 Å². The Balaban J connectivity index is 2.06. The zero-order valence-electron chi connectivity index (χ0n) is 12.9. The van der Waals surface area contributed by atoms with Crippen molar-refractivity contribution in [2.75, 3.05) is 0 Å². The topological polar surface area (TPSA) is 0 Å². The summed E-state index contributed by atoms with van der Waals surface area (Å²) in [5.74, 6) is 1.52. The molecule has 0 aliphatic heterocycles. The summed E-state index contributed by atoms with van der Waals surface area (Å²) >= 11 is 0. The molecule has 0 aromatic heterocycles. The molecular weight excluding hydrogens is 259 g/mol. The fraction of sp³-hybridized carbons (Fsp3) is 0.400. The van der Waals surface area contributed by atoms with Crippen LogP contribution in [0, 0.1) is 24.6 Å². The van der Waals surface area contributed by atoms with Gasteiger partial charge in [0, 0.05) is 5.92 Å². The number of aryl methyl sites for hydroxylation is 1. The van der Waals surface area contributed by atoms with Crippen molar-refractivity contribution >= 4 is 0 Å². The Kier molecular flexibility index (Phi) is 4.10. The third-order valence-electron chi connectivity index (χ3n) is 4.97. The molecule has 0 saturated heterocycles. The molecule has 2 aromatic carbocycles. The van der Waals surface area contributed by atoms with Gasteiger partial charge >= 0.3 is 0 Å². The molecule has 3 atom stereocenters. The van der Waals surface area contributed by atoms with Gasteiger partial charge in [-0.3, -0.25) is 0 Å². The van der Waals surface area contributed by atoms with Gasteiger partial charge in [0.25, 0.3) is 0 Å². The standard InChI is InChI=1S/C20H23F/c1-14-6-3-8-16(12-14)20(19-11-4-7-15(19)2)17-9-5-10-18(21)13-17/h3,5-6,8-10,12-13,15,19-20H,4,7,11H2,1-2H3. The second-order valence-electron chi connectivity index (χ2n) is 6.52. The first-order valence-electron chi connectivity index (χ1n) is 7.97. The van der Waals surface area contributed by atoms with Crippen molar-refractivity contribution in [3.05, 3.63) is 71.0 Å². The molecule has 110 valence electrons. The van der Waals surface area contributed by atoms with Gasteiger partial charge in [-0.25, -0.2) is 4.39 Å². The van der Waals surface area contributed by atoms with Gasteiger partial charge in [-0.2, -0.15) is 0 Å². The zero-order valence-corrected chi connectivity index (χ0v) is 12.9. The van der Waals surface area contributed by atoms with Crippen molar-refractivity contribution in [2.24, 2.45) is 11.8 Å². The first-order valence-corrected chi connectivity index (χ1v) is 7.97. The Morgan fingerprint density at radius 1 is 1.00 bits per heavy atom. The summed E-state index contributed by atoms with van der Waals surface area (Å²) in [5.41, 5.74) is 3.73. The molecule has 0 heterocycles. The maximum atomic E-state index is 13.7. The summed E-state index contributed by atoms with van der Waals surface area (Å²) in [5, 5.41) is 0. The van der Waals surface area contributed by atoms with Crippen LogP contribution in [-0.2, 0) is 0 Å². The molecule has 2 aromatic rings. The molecule has 0 nitrogen and oxygen atoms in total. The summed E-state index contributed by atoms with van der Waals surface area (Å²) in [6, 6.07) is 15.9. The van der Waals surface area contributed by atoms with E-state index in [2.05, 4.69) is 44.2 Å². The van der Waals surface area contributed by atoms with E-state index in [4.69, 9.17) is 0 Å². The van der Waals surface area contributed by atoms with E-state index in [1.807, 2.05) is 6.07 Å². The number of hydrogen-bond acceptors (Lipinski definition) is 0. The molecule has 0 amide bonds. The highest BCUT2D eigenvalue weighted by atomic mass is 19.1. The van der Waals surface area contributed by atoms with Gasteiger partial charge in [0.05, 0.1) is 0 Å². The van der Waals surface area contributed by atoms with Gasteiger partial charge in [0.15, 0.2) is 0 Å². The Morgan fingerprint density at radius 2 is 1.71 bits per heavy atom. The lowest BCUT2D eigenvalue weighted by Crippen LogP contribution is -2.17. The van der Waals surface area contributed by atoms with Crippen molar-refractivity contribution in [3.8, 4) is 0 Å². The Labute approximate surface area is 127 Å². The largest absolute Gasteiger partial charge is 0.207 e. The van der Waals surface area contributed by atoms with Crippen molar-refractivity contribution < 1.29 is 4.39 Å². The van der Waals surface area contributed by atoms with Crippen molar-refractivity contribution in [1.29, 1.82) is 0 Å². The van der Waals surface area contributed by atoms with Crippen LogP contribution in [0.15, 0.2) is 48.5 Å². The molecule has 1 heteroatoms. The van der Waals surface area contributed by atoms with E-state index in [1.54, 1.807) is 6.07 Å². The van der Waals surface area contributed by atoms with Gasteiger partial charge in [0.2, 0.25) is 0 Å². The predicted molar refractivity (Wildman–Crippen MR) is 85.9 cm³/mol. The monoisotopic (exact) mass is 282 g/mol. The number of benzene rings is 2. The molecular formula is C20H23F. The van der Waals surface area contributed by atoms with Gasteiger partial charge in [-0.1, -0.05) is 61.7 Å². The number of hydrogen-bond donors (Lipinski definition) is 0. The lowest BCUT2D eigenvalue weighted by Gasteiger charge is -2.28. The number of halogens is 1. The normalized spacial score (nSPS) is 23.2.